The van der Waals surface area contributed by atoms with E-state index in [1.54, 1.807) is 0 Å². The van der Waals surface area contributed by atoms with E-state index >= 15 is 0 Å². The first kappa shape index (κ1) is 32.5. The zero-order valence-electron chi connectivity index (χ0n) is 25.5. The van der Waals surface area contributed by atoms with Crippen LogP contribution < -0.4 is 22.5 Å². The number of aliphatic carboxylic acids is 1. The first-order valence-corrected chi connectivity index (χ1v) is 15.6. The molecule has 1 aliphatic carbocycles. The standard InChI is InChI=1S/C35H46N6O3/c1-2-3-6-29(36)7-4-8-30-26(13-12-25-18-24-11-10-23(14-16-42)17-27(24)19-31(25)30)20-32(41-33-9-5-15-39-33)28(21-34(43)44)22-40-35(37)38/h5,9-13,15-19,21,26,29-30,32,39,41H,2-4,6-8,14,20,22,36H2,1H3,(H,43,44)(H4,37,38,40). The maximum Gasteiger partial charge on any atom is 0.328 e. The normalized spacial score (nSPS) is 17.5. The highest BCUT2D eigenvalue weighted by molar-refractivity contribution is 5.88. The summed E-state index contributed by atoms with van der Waals surface area (Å²) < 4.78 is 0. The molecule has 0 saturated carbocycles. The van der Waals surface area contributed by atoms with Crippen LogP contribution in [0.15, 0.2) is 71.4 Å². The average molecular weight is 599 g/mol. The van der Waals surface area contributed by atoms with Gasteiger partial charge in [0, 0.05) is 24.7 Å². The number of aliphatic imine (C=N–C) groups is 1. The van der Waals surface area contributed by atoms with Crippen molar-refractivity contribution in [2.24, 2.45) is 28.1 Å². The van der Waals surface area contributed by atoms with Crippen molar-refractivity contribution in [3.8, 4) is 0 Å². The summed E-state index contributed by atoms with van der Waals surface area (Å²) in [5, 5.41) is 15.5. The van der Waals surface area contributed by atoms with Crippen LogP contribution >= 0.6 is 0 Å². The summed E-state index contributed by atoms with van der Waals surface area (Å²) in [6, 6.07) is 14.3. The molecule has 4 atom stereocenters. The van der Waals surface area contributed by atoms with Crippen molar-refractivity contribution in [2.45, 2.75) is 76.3 Å². The van der Waals surface area contributed by atoms with Gasteiger partial charge in [-0.05, 0) is 88.8 Å². The number of rotatable bonds is 17. The maximum atomic E-state index is 11.9. The van der Waals surface area contributed by atoms with E-state index in [9.17, 15) is 14.7 Å². The van der Waals surface area contributed by atoms with E-state index in [0.717, 1.165) is 67.0 Å². The zero-order chi connectivity index (χ0) is 31.5. The number of carboxylic acid groups (broad SMARTS) is 1. The molecule has 44 heavy (non-hydrogen) atoms. The molecule has 0 spiro atoms. The third kappa shape index (κ3) is 9.07. The second kappa shape index (κ2) is 15.9. The number of unbranched alkanes of at least 4 members (excludes halogenated alkanes) is 1. The van der Waals surface area contributed by atoms with Crippen LogP contribution in [0.5, 0.6) is 0 Å². The highest BCUT2D eigenvalue weighted by Gasteiger charge is 2.30. The van der Waals surface area contributed by atoms with E-state index in [1.807, 2.05) is 24.4 Å². The average Bonchev–Trinajstić information content (AvgIpc) is 3.51. The van der Waals surface area contributed by atoms with Gasteiger partial charge in [0.05, 0.1) is 12.6 Å². The molecule has 1 aliphatic rings. The Morgan fingerprint density at radius 3 is 2.66 bits per heavy atom. The van der Waals surface area contributed by atoms with Crippen LogP contribution in [0.3, 0.4) is 0 Å². The number of aromatic amines is 1. The van der Waals surface area contributed by atoms with Gasteiger partial charge in [0.25, 0.3) is 0 Å². The number of H-pyrrole nitrogens is 1. The molecule has 0 radical (unpaired) electrons. The Labute approximate surface area is 259 Å². The molecule has 2 aromatic carbocycles. The Hall–Kier alpha value is -4.37. The number of nitrogens with two attached hydrogens (primary N) is 3. The number of guanidine groups is 1. The number of benzene rings is 2. The summed E-state index contributed by atoms with van der Waals surface area (Å²) in [7, 11) is 0. The number of fused-ring (bicyclic) bond motifs is 2. The second-order valence-corrected chi connectivity index (χ2v) is 11.8. The second-order valence-electron chi connectivity index (χ2n) is 11.8. The van der Waals surface area contributed by atoms with Crippen molar-refractivity contribution in [1.29, 1.82) is 0 Å². The van der Waals surface area contributed by atoms with Crippen LogP contribution in [0, 0.1) is 5.92 Å². The van der Waals surface area contributed by atoms with Crippen LogP contribution in [-0.2, 0) is 16.0 Å². The fourth-order valence-electron chi connectivity index (χ4n) is 6.27. The van der Waals surface area contributed by atoms with Crippen molar-refractivity contribution < 1.29 is 14.7 Å². The van der Waals surface area contributed by atoms with Crippen molar-refractivity contribution in [3.05, 3.63) is 83.1 Å². The highest BCUT2D eigenvalue weighted by Crippen LogP contribution is 2.42. The van der Waals surface area contributed by atoms with Crippen molar-refractivity contribution in [1.82, 2.24) is 4.98 Å². The van der Waals surface area contributed by atoms with Crippen molar-refractivity contribution in [2.75, 3.05) is 11.9 Å². The number of aromatic nitrogens is 1. The van der Waals surface area contributed by atoms with Crippen LogP contribution in [0.1, 0.15) is 74.5 Å². The minimum atomic E-state index is -1.05. The summed E-state index contributed by atoms with van der Waals surface area (Å²) in [5.41, 5.74) is 21.8. The van der Waals surface area contributed by atoms with Crippen molar-refractivity contribution >= 4 is 40.9 Å². The molecule has 0 bridgehead atoms. The molecule has 0 fully saturated rings. The molecule has 9 nitrogen and oxygen atoms in total. The molecule has 1 aromatic heterocycles. The number of hydrogen-bond donors (Lipinski definition) is 6. The predicted molar refractivity (Wildman–Crippen MR) is 180 cm³/mol. The van der Waals surface area contributed by atoms with E-state index in [2.05, 4.69) is 58.6 Å². The zero-order valence-corrected chi connectivity index (χ0v) is 25.5. The smallest absolute Gasteiger partial charge is 0.328 e. The molecule has 4 unspecified atom stereocenters. The lowest BCUT2D eigenvalue weighted by molar-refractivity contribution is -0.131. The number of allylic oxidation sites excluding steroid dienone is 1. The molecule has 4 rings (SSSR count). The summed E-state index contributed by atoms with van der Waals surface area (Å²) in [5.74, 6) is -0.0693. The van der Waals surface area contributed by atoms with Gasteiger partial charge < -0.3 is 37.4 Å². The lowest BCUT2D eigenvalue weighted by Crippen LogP contribution is -2.31. The Balaban J connectivity index is 1.70. The fraction of sp³-hybridized carbons (Fsp3) is 0.400. The predicted octanol–water partition coefficient (Wildman–Crippen LogP) is 5.48. The molecule has 9 heteroatoms. The van der Waals surface area contributed by atoms with Gasteiger partial charge in [0.1, 0.15) is 12.1 Å². The van der Waals surface area contributed by atoms with Gasteiger partial charge in [-0.1, -0.05) is 62.6 Å². The molecular formula is C35H46N6O3. The number of nitrogens with zero attached hydrogens (tertiary/aromatic N) is 1. The quantitative estimate of drug-likeness (QED) is 0.0516. The third-order valence-corrected chi connectivity index (χ3v) is 8.52. The first-order valence-electron chi connectivity index (χ1n) is 15.6. The van der Waals surface area contributed by atoms with Gasteiger partial charge in [0.15, 0.2) is 5.96 Å². The van der Waals surface area contributed by atoms with Gasteiger partial charge in [0.2, 0.25) is 0 Å². The Kier molecular flexibility index (Phi) is 11.8. The van der Waals surface area contributed by atoms with E-state index < -0.39 is 5.97 Å². The fourth-order valence-corrected chi connectivity index (χ4v) is 6.27. The van der Waals surface area contributed by atoms with E-state index in [1.165, 1.54) is 17.2 Å². The lowest BCUT2D eigenvalue weighted by Gasteiger charge is -2.34. The molecule has 1 heterocycles. The van der Waals surface area contributed by atoms with E-state index in [-0.39, 0.29) is 36.4 Å². The van der Waals surface area contributed by atoms with Crippen LogP contribution in [0.4, 0.5) is 5.82 Å². The number of carbonyl (C=O) groups excluding carboxylic acids is 1. The van der Waals surface area contributed by atoms with Gasteiger partial charge in [-0.25, -0.2) is 9.79 Å². The Morgan fingerprint density at radius 2 is 1.95 bits per heavy atom. The van der Waals surface area contributed by atoms with E-state index in [4.69, 9.17) is 17.2 Å². The number of carboxylic acids is 1. The molecule has 234 valence electrons. The van der Waals surface area contributed by atoms with Gasteiger partial charge in [-0.3, -0.25) is 0 Å². The highest BCUT2D eigenvalue weighted by atomic mass is 16.4. The maximum absolute atomic E-state index is 11.9. The lowest BCUT2D eigenvalue weighted by atomic mass is 9.72. The van der Waals surface area contributed by atoms with Gasteiger partial charge in [-0.15, -0.1) is 0 Å². The Bertz CT molecular complexity index is 1490. The topological polar surface area (TPSA) is 173 Å². The van der Waals surface area contributed by atoms with Crippen LogP contribution in [0.25, 0.3) is 16.8 Å². The summed E-state index contributed by atoms with van der Waals surface area (Å²) in [6.45, 7) is 2.26. The number of aldehydes is 1. The SMILES string of the molecule is CCCCC(N)CCCC1c2cc3cc(CC=O)ccc3cc2C=CC1CC(Nc1ccc[nH]1)C(=CC(=O)O)CN=C(N)N. The first-order chi connectivity index (χ1) is 21.3. The molecule has 0 saturated heterocycles. The van der Waals surface area contributed by atoms with E-state index in [0.29, 0.717) is 18.4 Å². The number of hydrogen-bond acceptors (Lipinski definition) is 5. The van der Waals surface area contributed by atoms with Crippen LogP contribution in [-0.4, -0.2) is 46.9 Å². The summed E-state index contributed by atoms with van der Waals surface area (Å²) in [4.78, 5) is 30.4. The monoisotopic (exact) mass is 598 g/mol. The number of carbonyl (C=O) groups is 2. The number of nitrogens with one attached hydrogen (secondary N) is 2. The molecule has 9 N–H and O–H groups in total. The Morgan fingerprint density at radius 1 is 1.14 bits per heavy atom. The largest absolute Gasteiger partial charge is 0.478 e. The number of anilines is 1. The van der Waals surface area contributed by atoms with Gasteiger partial charge in [-0.2, -0.15) is 0 Å². The molecular weight excluding hydrogens is 552 g/mol. The molecule has 0 amide bonds. The summed E-state index contributed by atoms with van der Waals surface area (Å²) in [6.07, 6.45) is 15.6. The molecule has 3 aromatic rings. The summed E-state index contributed by atoms with van der Waals surface area (Å²) >= 11 is 0. The van der Waals surface area contributed by atoms with Crippen LogP contribution in [0.2, 0.25) is 0 Å². The minimum Gasteiger partial charge on any atom is -0.478 e. The minimum absolute atomic E-state index is 0.0706. The third-order valence-electron chi connectivity index (χ3n) is 8.52. The van der Waals surface area contributed by atoms with Crippen molar-refractivity contribution in [3.63, 3.8) is 0 Å². The van der Waals surface area contributed by atoms with Gasteiger partial charge >= 0.3 is 5.97 Å². The molecule has 0 aliphatic heterocycles.